The maximum atomic E-state index is 11.7. The molecule has 0 aromatic carbocycles. The van der Waals surface area contributed by atoms with Crippen molar-refractivity contribution in [1.82, 2.24) is 10.0 Å². The highest BCUT2D eigenvalue weighted by atomic mass is 35.5. The summed E-state index contributed by atoms with van der Waals surface area (Å²) in [5.74, 6) is 0.152. The van der Waals surface area contributed by atoms with Gasteiger partial charge in [0.15, 0.2) is 0 Å². The van der Waals surface area contributed by atoms with Crippen LogP contribution in [0.15, 0.2) is 0 Å². The fraction of sp³-hybridized carbons (Fsp3) is 1.00. The van der Waals surface area contributed by atoms with E-state index in [0.717, 1.165) is 19.4 Å². The Morgan fingerprint density at radius 3 is 2.76 bits per heavy atom. The van der Waals surface area contributed by atoms with E-state index in [1.54, 1.807) is 7.11 Å². The van der Waals surface area contributed by atoms with E-state index in [4.69, 9.17) is 4.74 Å². The molecule has 104 valence electrons. The van der Waals surface area contributed by atoms with Crippen molar-refractivity contribution in [3.8, 4) is 0 Å². The Labute approximate surface area is 110 Å². The van der Waals surface area contributed by atoms with Crippen molar-refractivity contribution in [2.45, 2.75) is 38.3 Å². The van der Waals surface area contributed by atoms with E-state index in [9.17, 15) is 8.42 Å². The van der Waals surface area contributed by atoms with E-state index in [-0.39, 0.29) is 24.2 Å². The minimum Gasteiger partial charge on any atom is -0.385 e. The molecule has 0 aliphatic carbocycles. The Hall–Kier alpha value is 0.120. The van der Waals surface area contributed by atoms with Crippen LogP contribution in [0.25, 0.3) is 0 Å². The van der Waals surface area contributed by atoms with Crippen LogP contribution in [0.2, 0.25) is 0 Å². The molecule has 0 aromatic heterocycles. The molecule has 0 aromatic rings. The molecule has 0 saturated carbocycles. The van der Waals surface area contributed by atoms with E-state index in [1.807, 2.05) is 0 Å². The molecule has 7 heteroatoms. The van der Waals surface area contributed by atoms with Crippen molar-refractivity contribution in [3.05, 3.63) is 0 Å². The van der Waals surface area contributed by atoms with Crippen LogP contribution in [0, 0.1) is 0 Å². The van der Waals surface area contributed by atoms with Gasteiger partial charge in [-0.1, -0.05) is 0 Å². The van der Waals surface area contributed by atoms with Gasteiger partial charge in [0.25, 0.3) is 0 Å². The molecular weight excluding hydrogens is 264 g/mol. The topological polar surface area (TPSA) is 67.4 Å². The Kier molecular flexibility index (Phi) is 8.32. The summed E-state index contributed by atoms with van der Waals surface area (Å²) in [6, 6.07) is 0.476. The molecule has 0 spiro atoms. The minimum absolute atomic E-state index is 0. The van der Waals surface area contributed by atoms with Crippen LogP contribution in [0.1, 0.15) is 26.2 Å². The molecule has 0 bridgehead atoms. The Morgan fingerprint density at radius 1 is 1.47 bits per heavy atom. The maximum Gasteiger partial charge on any atom is 0.211 e. The SMILES string of the molecule is COCCCS(=O)(=O)NC1CCNC(C)C1.Cl. The van der Waals surface area contributed by atoms with E-state index < -0.39 is 10.0 Å². The number of hydrogen-bond donors (Lipinski definition) is 2. The second-order valence-electron chi connectivity index (χ2n) is 4.36. The zero-order chi connectivity index (χ0) is 12.0. The van der Waals surface area contributed by atoms with Gasteiger partial charge >= 0.3 is 0 Å². The van der Waals surface area contributed by atoms with Gasteiger partial charge in [0.05, 0.1) is 5.75 Å². The molecule has 1 aliphatic rings. The second-order valence-corrected chi connectivity index (χ2v) is 6.23. The van der Waals surface area contributed by atoms with Crippen LogP contribution >= 0.6 is 12.4 Å². The first-order valence-electron chi connectivity index (χ1n) is 5.76. The zero-order valence-electron chi connectivity index (χ0n) is 10.4. The molecule has 1 saturated heterocycles. The van der Waals surface area contributed by atoms with E-state index >= 15 is 0 Å². The summed E-state index contributed by atoms with van der Waals surface area (Å²) < 4.78 is 31.0. The highest BCUT2D eigenvalue weighted by molar-refractivity contribution is 7.89. The highest BCUT2D eigenvalue weighted by Crippen LogP contribution is 2.09. The number of piperidine rings is 1. The lowest BCUT2D eigenvalue weighted by Crippen LogP contribution is -2.47. The third-order valence-corrected chi connectivity index (χ3v) is 4.25. The lowest BCUT2D eigenvalue weighted by molar-refractivity contribution is 0.199. The van der Waals surface area contributed by atoms with Gasteiger partial charge in [0.2, 0.25) is 10.0 Å². The smallest absolute Gasteiger partial charge is 0.211 e. The number of halogens is 1. The van der Waals surface area contributed by atoms with Crippen LogP contribution in [0.3, 0.4) is 0 Å². The molecule has 2 N–H and O–H groups in total. The Morgan fingerprint density at radius 2 is 2.18 bits per heavy atom. The van der Waals surface area contributed by atoms with Gasteiger partial charge < -0.3 is 10.1 Å². The molecule has 5 nitrogen and oxygen atoms in total. The number of sulfonamides is 1. The molecule has 1 aliphatic heterocycles. The first kappa shape index (κ1) is 17.1. The largest absolute Gasteiger partial charge is 0.385 e. The number of methoxy groups -OCH3 is 1. The summed E-state index contributed by atoms with van der Waals surface area (Å²) in [5.41, 5.74) is 0. The van der Waals surface area contributed by atoms with Gasteiger partial charge in [-0.25, -0.2) is 13.1 Å². The van der Waals surface area contributed by atoms with Crippen LogP contribution in [0.4, 0.5) is 0 Å². The van der Waals surface area contributed by atoms with Crippen LogP contribution in [0.5, 0.6) is 0 Å². The quantitative estimate of drug-likeness (QED) is 0.698. The molecule has 1 rings (SSSR count). The summed E-state index contributed by atoms with van der Waals surface area (Å²) in [5, 5.41) is 3.30. The Balaban J connectivity index is 0.00000256. The maximum absolute atomic E-state index is 11.7. The van der Waals surface area contributed by atoms with Crippen LogP contribution in [-0.2, 0) is 14.8 Å². The zero-order valence-corrected chi connectivity index (χ0v) is 12.1. The summed E-state index contributed by atoms with van der Waals surface area (Å²) in [6.07, 6.45) is 2.28. The van der Waals surface area contributed by atoms with Crippen molar-refractivity contribution in [1.29, 1.82) is 0 Å². The summed E-state index contributed by atoms with van der Waals surface area (Å²) in [7, 11) is -1.56. The van der Waals surface area contributed by atoms with Gasteiger partial charge in [-0.05, 0) is 32.7 Å². The van der Waals surface area contributed by atoms with E-state index in [1.165, 1.54) is 0 Å². The monoisotopic (exact) mass is 286 g/mol. The van der Waals surface area contributed by atoms with Crippen molar-refractivity contribution < 1.29 is 13.2 Å². The number of rotatable bonds is 6. The van der Waals surface area contributed by atoms with E-state index in [0.29, 0.717) is 19.1 Å². The fourth-order valence-electron chi connectivity index (χ4n) is 1.95. The third-order valence-electron chi connectivity index (χ3n) is 2.73. The minimum atomic E-state index is -3.13. The molecule has 1 heterocycles. The molecule has 17 heavy (non-hydrogen) atoms. The molecular formula is C10H23ClN2O3S. The van der Waals surface area contributed by atoms with Crippen molar-refractivity contribution >= 4 is 22.4 Å². The van der Waals surface area contributed by atoms with Crippen molar-refractivity contribution in [2.24, 2.45) is 0 Å². The third kappa shape index (κ3) is 7.21. The van der Waals surface area contributed by atoms with Crippen LogP contribution in [-0.4, -0.2) is 46.5 Å². The molecule has 2 atom stereocenters. The first-order chi connectivity index (χ1) is 7.53. The molecule has 2 unspecified atom stereocenters. The number of nitrogens with one attached hydrogen (secondary N) is 2. The lowest BCUT2D eigenvalue weighted by Gasteiger charge is -2.28. The van der Waals surface area contributed by atoms with Gasteiger partial charge in [-0.15, -0.1) is 12.4 Å². The predicted octanol–water partition coefficient (Wildman–Crippen LogP) is 0.505. The highest BCUT2D eigenvalue weighted by Gasteiger charge is 2.22. The van der Waals surface area contributed by atoms with Gasteiger partial charge in [0, 0.05) is 25.8 Å². The van der Waals surface area contributed by atoms with Gasteiger partial charge in [-0.3, -0.25) is 0 Å². The predicted molar refractivity (Wildman–Crippen MR) is 71.2 cm³/mol. The lowest BCUT2D eigenvalue weighted by atomic mass is 10.0. The standard InChI is InChI=1S/C10H22N2O3S.ClH/c1-9-8-10(4-5-11-9)12-16(13,14)7-3-6-15-2;/h9-12H,3-8H2,1-2H3;1H. The number of hydrogen-bond acceptors (Lipinski definition) is 4. The normalized spacial score (nSPS) is 25.3. The second kappa shape index (κ2) is 8.26. The summed E-state index contributed by atoms with van der Waals surface area (Å²) in [6.45, 7) is 3.45. The van der Waals surface area contributed by atoms with Crippen molar-refractivity contribution in [2.75, 3.05) is 26.0 Å². The molecule has 1 fully saturated rings. The Bertz CT molecular complexity index is 298. The first-order valence-corrected chi connectivity index (χ1v) is 7.41. The van der Waals surface area contributed by atoms with Gasteiger partial charge in [-0.2, -0.15) is 0 Å². The summed E-state index contributed by atoms with van der Waals surface area (Å²) in [4.78, 5) is 0. The molecule has 0 amide bonds. The van der Waals surface area contributed by atoms with Crippen molar-refractivity contribution in [3.63, 3.8) is 0 Å². The fourth-order valence-corrected chi connectivity index (χ4v) is 3.28. The van der Waals surface area contributed by atoms with E-state index in [2.05, 4.69) is 17.0 Å². The average molecular weight is 287 g/mol. The summed E-state index contributed by atoms with van der Waals surface area (Å²) >= 11 is 0. The van der Waals surface area contributed by atoms with Crippen LogP contribution < -0.4 is 10.0 Å². The molecule has 0 radical (unpaired) electrons. The average Bonchev–Trinajstić information content (AvgIpc) is 2.17. The van der Waals surface area contributed by atoms with Gasteiger partial charge in [0.1, 0.15) is 0 Å². The number of ether oxygens (including phenoxy) is 1.